The van der Waals surface area contributed by atoms with Gasteiger partial charge < -0.3 is 9.47 Å². The first-order valence-corrected chi connectivity index (χ1v) is 12.7. The molecule has 0 amide bonds. The number of hydrogen-bond donors (Lipinski definition) is 0. The monoisotopic (exact) mass is 476 g/mol. The van der Waals surface area contributed by atoms with Crippen molar-refractivity contribution in [2.24, 2.45) is 11.8 Å². The van der Waals surface area contributed by atoms with Crippen LogP contribution in [-0.4, -0.2) is 24.1 Å². The normalized spacial score (nSPS) is 24.8. The van der Waals surface area contributed by atoms with Gasteiger partial charge in [0.2, 0.25) is 0 Å². The van der Waals surface area contributed by atoms with Gasteiger partial charge >= 0.3 is 11.9 Å². The molecule has 0 saturated heterocycles. The third kappa shape index (κ3) is 4.28. The summed E-state index contributed by atoms with van der Waals surface area (Å²) in [6.45, 7) is 0. The summed E-state index contributed by atoms with van der Waals surface area (Å²) in [4.78, 5) is 26.2. The molecule has 4 nitrogen and oxygen atoms in total. The fraction of sp³-hybridized carbons (Fsp3) is 0.250. The molecule has 3 aliphatic carbocycles. The van der Waals surface area contributed by atoms with Gasteiger partial charge in [-0.15, -0.1) is 0 Å². The predicted molar refractivity (Wildman–Crippen MR) is 139 cm³/mol. The Morgan fingerprint density at radius 1 is 0.611 bits per heavy atom. The molecule has 7 rings (SSSR count). The molecule has 0 aromatic heterocycles. The largest absolute Gasteiger partial charge is 0.455 e. The van der Waals surface area contributed by atoms with Crippen molar-refractivity contribution in [1.29, 1.82) is 0 Å². The maximum atomic E-state index is 13.1. The van der Waals surface area contributed by atoms with Crippen molar-refractivity contribution < 1.29 is 19.1 Å². The van der Waals surface area contributed by atoms with Crippen molar-refractivity contribution in [2.45, 2.75) is 37.4 Å². The second-order valence-electron chi connectivity index (χ2n) is 9.92. The van der Waals surface area contributed by atoms with Gasteiger partial charge in [0, 0.05) is 11.8 Å². The molecule has 4 aromatic rings. The van der Waals surface area contributed by atoms with Crippen LogP contribution in [0.1, 0.15) is 51.5 Å². The summed E-state index contributed by atoms with van der Waals surface area (Å²) in [7, 11) is 0. The number of carbonyl (C=O) groups is 2. The maximum absolute atomic E-state index is 13.1. The standard InChI is InChI=1S/C32H28O4/c33-31(22-10-3-1-4-11-22)35-29-26-17-18-27(30(29)36-32(34)23-12-5-2-6-13-23)28(20-26)25-16-15-21-9-7-8-14-24(21)19-25/h1-16,19,26-30H,17-18,20H2. The van der Waals surface area contributed by atoms with Crippen molar-refractivity contribution >= 4 is 22.7 Å². The van der Waals surface area contributed by atoms with Gasteiger partial charge in [-0.3, -0.25) is 0 Å². The van der Waals surface area contributed by atoms with E-state index in [0.717, 1.165) is 19.3 Å². The first-order valence-electron chi connectivity index (χ1n) is 12.7. The molecule has 5 unspecified atom stereocenters. The zero-order valence-corrected chi connectivity index (χ0v) is 20.0. The molecule has 0 aliphatic heterocycles. The summed E-state index contributed by atoms with van der Waals surface area (Å²) in [5, 5.41) is 2.42. The molecular weight excluding hydrogens is 448 g/mol. The second kappa shape index (κ2) is 9.62. The van der Waals surface area contributed by atoms with Crippen molar-refractivity contribution in [3.05, 3.63) is 120 Å². The van der Waals surface area contributed by atoms with E-state index in [4.69, 9.17) is 9.47 Å². The molecule has 5 atom stereocenters. The third-order valence-corrected chi connectivity index (χ3v) is 7.86. The van der Waals surface area contributed by atoms with Gasteiger partial charge in [0.15, 0.2) is 0 Å². The zero-order chi connectivity index (χ0) is 24.5. The van der Waals surface area contributed by atoms with Crippen LogP contribution in [0.4, 0.5) is 0 Å². The number of carbonyl (C=O) groups excluding carboxylic acids is 2. The van der Waals surface area contributed by atoms with Gasteiger partial charge in [-0.1, -0.05) is 78.9 Å². The van der Waals surface area contributed by atoms with Gasteiger partial charge in [0.1, 0.15) is 12.2 Å². The van der Waals surface area contributed by atoms with E-state index in [0.29, 0.717) is 11.1 Å². The van der Waals surface area contributed by atoms with Gasteiger partial charge in [0.05, 0.1) is 11.1 Å². The molecule has 3 saturated carbocycles. The molecule has 3 fully saturated rings. The molecule has 3 aliphatic rings. The lowest BCUT2D eigenvalue weighted by atomic mass is 9.60. The molecule has 4 heteroatoms. The fourth-order valence-corrected chi connectivity index (χ4v) is 6.10. The molecular formula is C32H28O4. The minimum absolute atomic E-state index is 0.0809. The van der Waals surface area contributed by atoms with Crippen LogP contribution in [0, 0.1) is 11.8 Å². The quantitative estimate of drug-likeness (QED) is 0.297. The van der Waals surface area contributed by atoms with Crippen LogP contribution in [0.3, 0.4) is 0 Å². The highest BCUT2D eigenvalue weighted by Gasteiger charge is 2.53. The van der Waals surface area contributed by atoms with E-state index in [9.17, 15) is 9.59 Å². The zero-order valence-electron chi connectivity index (χ0n) is 20.0. The van der Waals surface area contributed by atoms with Crippen LogP contribution >= 0.6 is 0 Å². The van der Waals surface area contributed by atoms with Crippen molar-refractivity contribution in [2.75, 3.05) is 0 Å². The van der Waals surface area contributed by atoms with Crippen LogP contribution in [0.5, 0.6) is 0 Å². The lowest BCUT2D eigenvalue weighted by Crippen LogP contribution is -2.54. The highest BCUT2D eigenvalue weighted by Crippen LogP contribution is 2.52. The average Bonchev–Trinajstić information content (AvgIpc) is 2.95. The van der Waals surface area contributed by atoms with Gasteiger partial charge in [-0.05, 0) is 65.8 Å². The summed E-state index contributed by atoms with van der Waals surface area (Å²) < 4.78 is 12.3. The molecule has 36 heavy (non-hydrogen) atoms. The summed E-state index contributed by atoms with van der Waals surface area (Å²) in [5.41, 5.74) is 2.28. The topological polar surface area (TPSA) is 52.6 Å². The van der Waals surface area contributed by atoms with E-state index in [1.807, 2.05) is 36.4 Å². The lowest BCUT2D eigenvalue weighted by Gasteiger charge is -2.51. The Morgan fingerprint density at radius 2 is 1.19 bits per heavy atom. The predicted octanol–water partition coefficient (Wildman–Crippen LogP) is 6.80. The SMILES string of the molecule is O=C(OC1C2CCC(C(c3ccc4ccccc4c3)C2)C1OC(=O)c1ccccc1)c1ccccc1. The average molecular weight is 477 g/mol. The summed E-state index contributed by atoms with van der Waals surface area (Å²) in [6.07, 6.45) is 1.86. The van der Waals surface area contributed by atoms with Crippen LogP contribution in [0.15, 0.2) is 103 Å². The third-order valence-electron chi connectivity index (χ3n) is 7.86. The van der Waals surface area contributed by atoms with Crippen molar-refractivity contribution in [1.82, 2.24) is 0 Å². The van der Waals surface area contributed by atoms with E-state index in [1.165, 1.54) is 16.3 Å². The summed E-state index contributed by atoms with van der Waals surface area (Å²) >= 11 is 0. The van der Waals surface area contributed by atoms with E-state index in [-0.39, 0.29) is 29.7 Å². The Hall–Kier alpha value is -3.92. The first kappa shape index (κ1) is 22.5. The van der Waals surface area contributed by atoms with Crippen molar-refractivity contribution in [3.63, 3.8) is 0 Å². The summed E-state index contributed by atoms with van der Waals surface area (Å²) in [6, 6.07) is 33.1. The summed E-state index contributed by atoms with van der Waals surface area (Å²) in [5.74, 6) is -0.277. The number of hydrogen-bond acceptors (Lipinski definition) is 4. The molecule has 0 heterocycles. The number of benzene rings is 4. The van der Waals surface area contributed by atoms with E-state index < -0.39 is 12.2 Å². The Bertz CT molecular complexity index is 1380. The number of esters is 2. The minimum atomic E-state index is -0.491. The molecule has 0 N–H and O–H groups in total. The van der Waals surface area contributed by atoms with Crippen LogP contribution in [0.2, 0.25) is 0 Å². The number of ether oxygens (including phenoxy) is 2. The highest BCUT2D eigenvalue weighted by molar-refractivity contribution is 5.90. The maximum Gasteiger partial charge on any atom is 0.338 e. The number of rotatable bonds is 5. The molecule has 180 valence electrons. The van der Waals surface area contributed by atoms with Crippen LogP contribution < -0.4 is 0 Å². The second-order valence-corrected chi connectivity index (χ2v) is 9.92. The van der Waals surface area contributed by atoms with E-state index >= 15 is 0 Å². The van der Waals surface area contributed by atoms with Crippen LogP contribution in [0.25, 0.3) is 10.8 Å². The highest BCUT2D eigenvalue weighted by atomic mass is 16.6. The molecule has 0 radical (unpaired) electrons. The smallest absolute Gasteiger partial charge is 0.338 e. The van der Waals surface area contributed by atoms with Crippen molar-refractivity contribution in [3.8, 4) is 0 Å². The Kier molecular flexibility index (Phi) is 6.02. The van der Waals surface area contributed by atoms with Gasteiger partial charge in [0.25, 0.3) is 0 Å². The Morgan fingerprint density at radius 3 is 1.86 bits per heavy atom. The molecule has 2 bridgehead atoms. The molecule has 0 spiro atoms. The Balaban J connectivity index is 1.32. The van der Waals surface area contributed by atoms with Gasteiger partial charge in [-0.2, -0.15) is 0 Å². The fourth-order valence-electron chi connectivity index (χ4n) is 6.10. The molecule has 4 aromatic carbocycles. The Labute approximate surface area is 210 Å². The van der Waals surface area contributed by atoms with Gasteiger partial charge in [-0.25, -0.2) is 9.59 Å². The number of fused-ring (bicyclic) bond motifs is 4. The van der Waals surface area contributed by atoms with E-state index in [1.54, 1.807) is 24.3 Å². The minimum Gasteiger partial charge on any atom is -0.455 e. The van der Waals surface area contributed by atoms with Crippen LogP contribution in [-0.2, 0) is 9.47 Å². The first-order chi connectivity index (χ1) is 17.7. The van der Waals surface area contributed by atoms with E-state index in [2.05, 4.69) is 42.5 Å². The lowest BCUT2D eigenvalue weighted by molar-refractivity contribution is -0.129.